The molecule has 0 saturated heterocycles. The van der Waals surface area contributed by atoms with E-state index < -0.39 is 5.69 Å². The number of aromatic nitrogens is 4. The standard InChI is InChI=1S/C16H15ClN4O2S/c1-4-24-14-11-13(20(2)16(23)21(3)15(11)22)18-12(19-14)9-6-5-7-10(17)8-9/h5-8H,4H2,1-3H3. The second-order valence-corrected chi connectivity index (χ2v) is 6.89. The van der Waals surface area contributed by atoms with Crippen LogP contribution in [0.25, 0.3) is 22.4 Å². The van der Waals surface area contributed by atoms with Gasteiger partial charge in [-0.15, -0.1) is 11.8 Å². The summed E-state index contributed by atoms with van der Waals surface area (Å²) in [6.07, 6.45) is 0. The number of hydrogen-bond acceptors (Lipinski definition) is 5. The van der Waals surface area contributed by atoms with Gasteiger partial charge in [0.1, 0.15) is 10.4 Å². The van der Waals surface area contributed by atoms with E-state index in [2.05, 4.69) is 9.97 Å². The summed E-state index contributed by atoms with van der Waals surface area (Å²) in [6, 6.07) is 7.16. The van der Waals surface area contributed by atoms with Crippen LogP contribution in [0.2, 0.25) is 5.02 Å². The predicted molar refractivity (Wildman–Crippen MR) is 96.9 cm³/mol. The molecule has 0 radical (unpaired) electrons. The highest BCUT2D eigenvalue weighted by Crippen LogP contribution is 2.26. The fraction of sp³-hybridized carbons (Fsp3) is 0.250. The molecule has 2 heterocycles. The molecule has 0 aliphatic heterocycles. The van der Waals surface area contributed by atoms with E-state index in [1.807, 2.05) is 13.0 Å². The first-order valence-corrected chi connectivity index (χ1v) is 8.67. The Morgan fingerprint density at radius 3 is 2.58 bits per heavy atom. The maximum absolute atomic E-state index is 12.5. The lowest BCUT2D eigenvalue weighted by molar-refractivity contribution is 0.703. The van der Waals surface area contributed by atoms with E-state index in [-0.39, 0.29) is 5.56 Å². The Morgan fingerprint density at radius 1 is 1.17 bits per heavy atom. The van der Waals surface area contributed by atoms with Crippen LogP contribution in [0.1, 0.15) is 6.92 Å². The third kappa shape index (κ3) is 2.74. The molecule has 0 aliphatic rings. The first-order chi connectivity index (χ1) is 11.4. The molecule has 1 aromatic carbocycles. The SMILES string of the molecule is CCSc1nc(-c2cccc(Cl)c2)nc2c1c(=O)n(C)c(=O)n2C. The lowest BCUT2D eigenvalue weighted by Gasteiger charge is -2.11. The van der Waals surface area contributed by atoms with Crippen molar-refractivity contribution in [3.05, 3.63) is 50.1 Å². The van der Waals surface area contributed by atoms with Crippen molar-refractivity contribution in [2.75, 3.05) is 5.75 Å². The summed E-state index contributed by atoms with van der Waals surface area (Å²) < 4.78 is 2.44. The van der Waals surface area contributed by atoms with Gasteiger partial charge in [-0.25, -0.2) is 14.8 Å². The fourth-order valence-corrected chi connectivity index (χ4v) is 3.36. The van der Waals surface area contributed by atoms with Crippen LogP contribution in [0, 0.1) is 0 Å². The lowest BCUT2D eigenvalue weighted by Crippen LogP contribution is -2.37. The van der Waals surface area contributed by atoms with E-state index in [0.29, 0.717) is 26.9 Å². The Balaban J connectivity index is 2.44. The normalized spacial score (nSPS) is 11.2. The minimum atomic E-state index is -0.421. The molecule has 0 amide bonds. The van der Waals surface area contributed by atoms with Gasteiger partial charge in [-0.2, -0.15) is 0 Å². The summed E-state index contributed by atoms with van der Waals surface area (Å²) in [5.74, 6) is 1.18. The number of hydrogen-bond donors (Lipinski definition) is 0. The summed E-state index contributed by atoms with van der Waals surface area (Å²) >= 11 is 7.49. The molecular weight excluding hydrogens is 348 g/mol. The molecule has 24 heavy (non-hydrogen) atoms. The van der Waals surface area contributed by atoms with Crippen LogP contribution in [0.5, 0.6) is 0 Å². The van der Waals surface area contributed by atoms with E-state index in [1.165, 1.54) is 23.4 Å². The molecule has 0 bridgehead atoms. The molecule has 0 aliphatic carbocycles. The van der Waals surface area contributed by atoms with E-state index in [4.69, 9.17) is 11.6 Å². The van der Waals surface area contributed by atoms with E-state index in [1.54, 1.807) is 25.2 Å². The zero-order valence-corrected chi connectivity index (χ0v) is 15.0. The van der Waals surface area contributed by atoms with E-state index in [9.17, 15) is 9.59 Å². The Kier molecular flexibility index (Phi) is 4.47. The second-order valence-electron chi connectivity index (χ2n) is 5.20. The molecule has 3 aromatic rings. The van der Waals surface area contributed by atoms with Gasteiger partial charge in [0, 0.05) is 24.7 Å². The molecule has 8 heteroatoms. The van der Waals surface area contributed by atoms with Gasteiger partial charge in [0.05, 0.1) is 0 Å². The summed E-state index contributed by atoms with van der Waals surface area (Å²) in [4.78, 5) is 33.7. The van der Waals surface area contributed by atoms with Gasteiger partial charge in [0.15, 0.2) is 11.5 Å². The van der Waals surface area contributed by atoms with Crippen molar-refractivity contribution in [3.8, 4) is 11.4 Å². The van der Waals surface area contributed by atoms with Crippen LogP contribution >= 0.6 is 23.4 Å². The zero-order valence-electron chi connectivity index (χ0n) is 13.4. The lowest BCUT2D eigenvalue weighted by atomic mass is 10.2. The Hall–Kier alpha value is -2.12. The number of benzene rings is 1. The first kappa shape index (κ1) is 16.7. The number of rotatable bonds is 3. The summed E-state index contributed by atoms with van der Waals surface area (Å²) in [7, 11) is 3.05. The molecule has 124 valence electrons. The van der Waals surface area contributed by atoms with Gasteiger partial charge in [-0.3, -0.25) is 13.9 Å². The Bertz CT molecular complexity index is 1060. The van der Waals surface area contributed by atoms with Crippen LogP contribution in [0.15, 0.2) is 38.9 Å². The summed E-state index contributed by atoms with van der Waals surface area (Å²) in [5.41, 5.74) is 0.247. The average molecular weight is 363 g/mol. The van der Waals surface area contributed by atoms with Crippen molar-refractivity contribution in [1.29, 1.82) is 0 Å². The highest BCUT2D eigenvalue weighted by molar-refractivity contribution is 7.99. The Labute approximate surface area is 147 Å². The maximum atomic E-state index is 12.5. The third-order valence-corrected chi connectivity index (χ3v) is 4.72. The smallest absolute Gasteiger partial charge is 0.280 e. The van der Waals surface area contributed by atoms with Gasteiger partial charge in [-0.05, 0) is 17.9 Å². The topological polar surface area (TPSA) is 69.8 Å². The van der Waals surface area contributed by atoms with Gasteiger partial charge in [-0.1, -0.05) is 30.7 Å². The Morgan fingerprint density at radius 2 is 1.92 bits per heavy atom. The molecule has 0 N–H and O–H groups in total. The van der Waals surface area contributed by atoms with Crippen LogP contribution < -0.4 is 11.2 Å². The monoisotopic (exact) mass is 362 g/mol. The molecular formula is C16H15ClN4O2S. The minimum absolute atomic E-state index is 0.323. The summed E-state index contributed by atoms with van der Waals surface area (Å²) in [5, 5.41) is 1.49. The van der Waals surface area contributed by atoms with E-state index >= 15 is 0 Å². The number of nitrogens with zero attached hydrogens (tertiary/aromatic N) is 4. The third-order valence-electron chi connectivity index (χ3n) is 3.63. The largest absolute Gasteiger partial charge is 0.332 e. The minimum Gasteiger partial charge on any atom is -0.280 e. The number of thioether (sulfide) groups is 1. The first-order valence-electron chi connectivity index (χ1n) is 7.30. The molecule has 0 fully saturated rings. The average Bonchev–Trinajstić information content (AvgIpc) is 2.57. The van der Waals surface area contributed by atoms with Crippen molar-refractivity contribution in [1.82, 2.24) is 19.1 Å². The highest BCUT2D eigenvalue weighted by Gasteiger charge is 2.17. The molecule has 0 unspecified atom stereocenters. The van der Waals surface area contributed by atoms with Gasteiger partial charge < -0.3 is 0 Å². The second kappa shape index (κ2) is 6.41. The van der Waals surface area contributed by atoms with E-state index in [0.717, 1.165) is 15.9 Å². The maximum Gasteiger partial charge on any atom is 0.332 e. The van der Waals surface area contributed by atoms with Crippen molar-refractivity contribution >= 4 is 34.4 Å². The fourth-order valence-electron chi connectivity index (χ4n) is 2.43. The number of halogens is 1. The number of fused-ring (bicyclic) bond motifs is 1. The zero-order chi connectivity index (χ0) is 17.4. The predicted octanol–water partition coefficient (Wildman–Crippen LogP) is 2.46. The van der Waals surface area contributed by atoms with Crippen molar-refractivity contribution in [2.45, 2.75) is 11.9 Å². The highest BCUT2D eigenvalue weighted by atomic mass is 35.5. The van der Waals surface area contributed by atoms with Crippen molar-refractivity contribution in [2.24, 2.45) is 14.1 Å². The van der Waals surface area contributed by atoms with Gasteiger partial charge in [0.2, 0.25) is 0 Å². The van der Waals surface area contributed by atoms with Gasteiger partial charge >= 0.3 is 5.69 Å². The summed E-state index contributed by atoms with van der Waals surface area (Å²) in [6.45, 7) is 1.98. The molecule has 0 atom stereocenters. The molecule has 2 aromatic heterocycles. The quantitative estimate of drug-likeness (QED) is 0.528. The molecule has 0 saturated carbocycles. The van der Waals surface area contributed by atoms with Crippen LogP contribution in [-0.4, -0.2) is 24.9 Å². The van der Waals surface area contributed by atoms with Gasteiger partial charge in [0.25, 0.3) is 5.56 Å². The number of aryl methyl sites for hydroxylation is 1. The van der Waals surface area contributed by atoms with Crippen molar-refractivity contribution < 1.29 is 0 Å². The van der Waals surface area contributed by atoms with Crippen molar-refractivity contribution in [3.63, 3.8) is 0 Å². The van der Waals surface area contributed by atoms with Crippen LogP contribution in [-0.2, 0) is 14.1 Å². The molecule has 0 spiro atoms. The molecule has 3 rings (SSSR count). The van der Waals surface area contributed by atoms with Crippen LogP contribution in [0.3, 0.4) is 0 Å². The van der Waals surface area contributed by atoms with Crippen LogP contribution in [0.4, 0.5) is 0 Å². The molecule has 6 nitrogen and oxygen atoms in total.